The molecule has 2 amide bonds. The van der Waals surface area contributed by atoms with Gasteiger partial charge in [-0.05, 0) is 74.0 Å². The Morgan fingerprint density at radius 3 is 2.19 bits per heavy atom. The summed E-state index contributed by atoms with van der Waals surface area (Å²) in [4.78, 5) is 32.6. The molecule has 31 heavy (non-hydrogen) atoms. The van der Waals surface area contributed by atoms with E-state index in [1.54, 1.807) is 18.1 Å². The van der Waals surface area contributed by atoms with E-state index in [2.05, 4.69) is 10.3 Å². The summed E-state index contributed by atoms with van der Waals surface area (Å²) in [7, 11) is 1.80. The van der Waals surface area contributed by atoms with Gasteiger partial charge < -0.3 is 10.2 Å². The van der Waals surface area contributed by atoms with E-state index in [9.17, 15) is 9.59 Å². The summed E-state index contributed by atoms with van der Waals surface area (Å²) in [5.74, 6) is 2.13. The zero-order chi connectivity index (χ0) is 21.4. The lowest BCUT2D eigenvalue weighted by molar-refractivity contribution is -0.148. The van der Waals surface area contributed by atoms with Crippen LogP contribution in [-0.4, -0.2) is 35.3 Å². The molecule has 1 aromatic carbocycles. The predicted octanol–water partition coefficient (Wildman–Crippen LogP) is 3.96. The van der Waals surface area contributed by atoms with Gasteiger partial charge in [0.05, 0.1) is 18.3 Å². The normalized spacial score (nSPS) is 29.4. The molecule has 1 heterocycles. The molecule has 2 aromatic rings. The fraction of sp³-hybridized carbons (Fsp3) is 0.500. The van der Waals surface area contributed by atoms with Crippen LogP contribution in [0.1, 0.15) is 55.8 Å². The van der Waals surface area contributed by atoms with Crippen LogP contribution < -0.4 is 5.32 Å². The maximum atomic E-state index is 13.2. The largest absolute Gasteiger partial charge is 0.347 e. The van der Waals surface area contributed by atoms with Crippen LogP contribution in [0.5, 0.6) is 0 Å². The monoisotopic (exact) mass is 417 g/mol. The van der Waals surface area contributed by atoms with Gasteiger partial charge in [0.1, 0.15) is 0 Å². The molecule has 0 spiro atoms. The first-order chi connectivity index (χ1) is 15.0. The second-order valence-electron chi connectivity index (χ2n) is 9.95. The first kappa shape index (κ1) is 20.2. The Morgan fingerprint density at radius 1 is 1.00 bits per heavy atom. The van der Waals surface area contributed by atoms with Gasteiger partial charge in [0.15, 0.2) is 0 Å². The molecule has 1 aromatic heterocycles. The number of nitrogens with one attached hydrogen (secondary N) is 1. The molecule has 1 unspecified atom stereocenters. The molecule has 5 nitrogen and oxygen atoms in total. The van der Waals surface area contributed by atoms with Crippen LogP contribution in [0.25, 0.3) is 0 Å². The van der Waals surface area contributed by atoms with Crippen molar-refractivity contribution in [3.05, 3.63) is 66.0 Å². The second kappa shape index (κ2) is 8.10. The molecule has 1 N–H and O–H groups in total. The molecule has 4 fully saturated rings. The number of pyridine rings is 1. The van der Waals surface area contributed by atoms with E-state index in [4.69, 9.17) is 0 Å². The van der Waals surface area contributed by atoms with E-state index in [1.165, 1.54) is 19.3 Å². The summed E-state index contributed by atoms with van der Waals surface area (Å²) in [5, 5.41) is 3.03. The first-order valence-corrected chi connectivity index (χ1v) is 11.5. The van der Waals surface area contributed by atoms with Gasteiger partial charge in [-0.3, -0.25) is 14.6 Å². The van der Waals surface area contributed by atoms with Gasteiger partial charge >= 0.3 is 0 Å². The lowest BCUT2D eigenvalue weighted by atomic mass is 9.49. The Morgan fingerprint density at radius 2 is 1.61 bits per heavy atom. The van der Waals surface area contributed by atoms with Gasteiger partial charge in [0, 0.05) is 18.7 Å². The van der Waals surface area contributed by atoms with Crippen molar-refractivity contribution in [3.63, 3.8) is 0 Å². The van der Waals surface area contributed by atoms with Gasteiger partial charge in [-0.15, -0.1) is 0 Å². The molecular formula is C26H31N3O2. The maximum absolute atomic E-state index is 13.2. The highest BCUT2D eigenvalue weighted by atomic mass is 16.2. The number of carbonyl (C=O) groups excluding carboxylic acids is 2. The van der Waals surface area contributed by atoms with Crippen LogP contribution in [0.2, 0.25) is 0 Å². The van der Waals surface area contributed by atoms with Crippen LogP contribution in [0.4, 0.5) is 0 Å². The molecule has 4 aliphatic rings. The topological polar surface area (TPSA) is 62.3 Å². The van der Waals surface area contributed by atoms with E-state index >= 15 is 0 Å². The Bertz CT molecular complexity index is 869. The zero-order valence-electron chi connectivity index (χ0n) is 18.2. The zero-order valence-corrected chi connectivity index (χ0v) is 18.2. The molecule has 4 bridgehead atoms. The third kappa shape index (κ3) is 3.86. The third-order valence-electron chi connectivity index (χ3n) is 7.78. The summed E-state index contributed by atoms with van der Waals surface area (Å²) in [6.45, 7) is 0.0350. The fourth-order valence-electron chi connectivity index (χ4n) is 6.77. The Hall–Kier alpha value is -2.69. The average molecular weight is 418 g/mol. The van der Waals surface area contributed by atoms with Gasteiger partial charge in [0.2, 0.25) is 11.8 Å². The summed E-state index contributed by atoms with van der Waals surface area (Å²) < 4.78 is 0. The van der Waals surface area contributed by atoms with Crippen LogP contribution in [0, 0.1) is 23.2 Å². The molecule has 4 saturated carbocycles. The molecule has 4 aliphatic carbocycles. The van der Waals surface area contributed by atoms with Gasteiger partial charge in [-0.2, -0.15) is 0 Å². The van der Waals surface area contributed by atoms with Gasteiger partial charge in [-0.1, -0.05) is 36.4 Å². The van der Waals surface area contributed by atoms with Crippen molar-refractivity contribution in [2.24, 2.45) is 23.2 Å². The quantitative estimate of drug-likeness (QED) is 0.774. The van der Waals surface area contributed by atoms with Crippen molar-refractivity contribution in [2.45, 2.75) is 44.6 Å². The van der Waals surface area contributed by atoms with Crippen molar-refractivity contribution >= 4 is 11.8 Å². The number of likely N-dealkylation sites (N-methyl/N-ethyl adjacent to an activating group) is 1. The lowest BCUT2D eigenvalue weighted by Crippen LogP contribution is -2.54. The van der Waals surface area contributed by atoms with Crippen molar-refractivity contribution in [3.8, 4) is 0 Å². The highest BCUT2D eigenvalue weighted by Gasteiger charge is 2.54. The number of aromatic nitrogens is 1. The van der Waals surface area contributed by atoms with Crippen molar-refractivity contribution < 1.29 is 9.59 Å². The minimum absolute atomic E-state index is 0.0350. The van der Waals surface area contributed by atoms with Crippen LogP contribution >= 0.6 is 0 Å². The summed E-state index contributed by atoms with van der Waals surface area (Å²) in [6, 6.07) is 15.4. The highest BCUT2D eigenvalue weighted by molar-refractivity contribution is 5.88. The van der Waals surface area contributed by atoms with Crippen LogP contribution in [-0.2, 0) is 9.59 Å². The van der Waals surface area contributed by atoms with Crippen LogP contribution in [0.15, 0.2) is 54.7 Å². The number of rotatable bonds is 6. The number of hydrogen-bond acceptors (Lipinski definition) is 3. The van der Waals surface area contributed by atoms with Crippen molar-refractivity contribution in [1.82, 2.24) is 15.2 Å². The van der Waals surface area contributed by atoms with E-state index in [-0.39, 0.29) is 29.8 Å². The molecule has 1 atom stereocenters. The number of carbonyl (C=O) groups is 2. The third-order valence-corrected chi connectivity index (χ3v) is 7.78. The molecule has 0 radical (unpaired) electrons. The molecule has 0 saturated heterocycles. The number of benzene rings is 1. The summed E-state index contributed by atoms with van der Waals surface area (Å²) in [5.41, 5.74) is 1.59. The lowest BCUT2D eigenvalue weighted by Gasteiger charge is -2.55. The molecule has 6 rings (SSSR count). The number of nitrogens with zero attached hydrogens (tertiary/aromatic N) is 2. The Balaban J connectivity index is 1.28. The van der Waals surface area contributed by atoms with Gasteiger partial charge in [0.25, 0.3) is 0 Å². The SMILES string of the molecule is CN(C(=O)CNC(=O)C12CC3CC(CC(C3)C1)C2)C(c1ccccc1)c1ccccn1. The van der Waals surface area contributed by atoms with E-state index < -0.39 is 0 Å². The minimum atomic E-state index is -0.286. The smallest absolute Gasteiger partial charge is 0.242 e. The second-order valence-corrected chi connectivity index (χ2v) is 9.95. The highest BCUT2D eigenvalue weighted by Crippen LogP contribution is 2.60. The Kier molecular flexibility index (Phi) is 5.28. The Labute approximate surface area is 184 Å². The molecular weight excluding hydrogens is 386 g/mol. The van der Waals surface area contributed by atoms with E-state index in [1.807, 2.05) is 48.5 Å². The average Bonchev–Trinajstić information content (AvgIpc) is 2.78. The van der Waals surface area contributed by atoms with Crippen molar-refractivity contribution in [2.75, 3.05) is 13.6 Å². The summed E-state index contributed by atoms with van der Waals surface area (Å²) >= 11 is 0. The minimum Gasteiger partial charge on any atom is -0.347 e. The van der Waals surface area contributed by atoms with Gasteiger partial charge in [-0.25, -0.2) is 0 Å². The number of amides is 2. The summed E-state index contributed by atoms with van der Waals surface area (Å²) in [6.07, 6.45) is 8.68. The maximum Gasteiger partial charge on any atom is 0.242 e. The van der Waals surface area contributed by atoms with E-state index in [0.717, 1.165) is 30.5 Å². The standard InChI is InChI=1S/C26H31N3O2/c1-29(24(21-7-3-2-4-8-21)22-9-5-6-10-27-22)23(30)17-28-25(31)26-14-18-11-19(15-26)13-20(12-18)16-26/h2-10,18-20,24H,11-17H2,1H3,(H,28,31). The molecule has 5 heteroatoms. The predicted molar refractivity (Wildman–Crippen MR) is 119 cm³/mol. The molecule has 0 aliphatic heterocycles. The first-order valence-electron chi connectivity index (χ1n) is 11.5. The van der Waals surface area contributed by atoms with Crippen LogP contribution in [0.3, 0.4) is 0 Å². The molecule has 162 valence electrons. The van der Waals surface area contributed by atoms with Crippen molar-refractivity contribution in [1.29, 1.82) is 0 Å². The fourth-order valence-corrected chi connectivity index (χ4v) is 6.77. The van der Waals surface area contributed by atoms with E-state index in [0.29, 0.717) is 17.8 Å². The number of hydrogen-bond donors (Lipinski definition) is 1.